The Bertz CT molecular complexity index is 582. The Morgan fingerprint density at radius 3 is 2.89 bits per heavy atom. The van der Waals surface area contributed by atoms with Gasteiger partial charge in [0.1, 0.15) is 12.0 Å². The van der Waals surface area contributed by atoms with Gasteiger partial charge >= 0.3 is 5.97 Å². The molecule has 94 valence electrons. The number of hydrogen-bond donors (Lipinski definition) is 2. The first-order valence-electron chi connectivity index (χ1n) is 5.05. The number of nitrogen functional groups attached to an aromatic ring is 1. The zero-order valence-corrected chi connectivity index (χ0v) is 10.8. The number of furan rings is 1. The average Bonchev–Trinajstić information content (AvgIpc) is 2.79. The van der Waals surface area contributed by atoms with Crippen molar-refractivity contribution in [2.45, 2.75) is 10.6 Å². The van der Waals surface area contributed by atoms with E-state index in [2.05, 4.69) is 0 Å². The van der Waals surface area contributed by atoms with E-state index in [1.165, 1.54) is 24.1 Å². The molecule has 0 spiro atoms. The van der Waals surface area contributed by atoms with Gasteiger partial charge in [-0.1, -0.05) is 11.6 Å². The van der Waals surface area contributed by atoms with E-state index < -0.39 is 5.97 Å². The van der Waals surface area contributed by atoms with E-state index in [0.29, 0.717) is 22.2 Å². The Labute approximate surface area is 113 Å². The van der Waals surface area contributed by atoms with Gasteiger partial charge in [0.15, 0.2) is 0 Å². The highest BCUT2D eigenvalue weighted by Gasteiger charge is 2.09. The fraction of sp³-hybridized carbons (Fsp3) is 0.0833. The van der Waals surface area contributed by atoms with Gasteiger partial charge < -0.3 is 15.3 Å². The number of carboxylic acids is 1. The van der Waals surface area contributed by atoms with E-state index in [1.807, 2.05) is 0 Å². The van der Waals surface area contributed by atoms with E-state index in [0.717, 1.165) is 4.90 Å². The topological polar surface area (TPSA) is 76.5 Å². The van der Waals surface area contributed by atoms with Gasteiger partial charge in [0.25, 0.3) is 0 Å². The second-order valence-corrected chi connectivity index (χ2v) is 5.01. The number of thioether (sulfide) groups is 1. The lowest BCUT2D eigenvalue weighted by molar-refractivity contribution is 0.0696. The SMILES string of the molecule is Nc1ccc(Cl)c(SCc2cc(C(=O)O)co2)c1. The third-order valence-corrected chi connectivity index (χ3v) is 3.75. The largest absolute Gasteiger partial charge is 0.478 e. The van der Waals surface area contributed by atoms with Crippen LogP contribution in [0.2, 0.25) is 5.02 Å². The second kappa shape index (κ2) is 5.37. The smallest absolute Gasteiger partial charge is 0.338 e. The fourth-order valence-corrected chi connectivity index (χ4v) is 2.50. The molecule has 0 aliphatic heterocycles. The van der Waals surface area contributed by atoms with Crippen LogP contribution >= 0.6 is 23.4 Å². The van der Waals surface area contributed by atoms with Gasteiger partial charge in [-0.2, -0.15) is 0 Å². The summed E-state index contributed by atoms with van der Waals surface area (Å²) in [5, 5.41) is 9.37. The van der Waals surface area contributed by atoms with Crippen molar-refractivity contribution in [3.8, 4) is 0 Å². The molecule has 3 N–H and O–H groups in total. The lowest BCUT2D eigenvalue weighted by atomic mass is 10.3. The Morgan fingerprint density at radius 1 is 1.44 bits per heavy atom. The van der Waals surface area contributed by atoms with Crippen LogP contribution in [0.25, 0.3) is 0 Å². The standard InChI is InChI=1S/C12H10ClNO3S/c13-10-2-1-8(14)4-11(10)18-6-9-3-7(5-17-9)12(15)16/h1-5H,6,14H2,(H,15,16). The summed E-state index contributed by atoms with van der Waals surface area (Å²) in [7, 11) is 0. The minimum atomic E-state index is -1.00. The van der Waals surface area contributed by atoms with Crippen LogP contribution in [0.5, 0.6) is 0 Å². The highest BCUT2D eigenvalue weighted by molar-refractivity contribution is 7.98. The third kappa shape index (κ3) is 3.00. The molecule has 0 aliphatic carbocycles. The lowest BCUT2D eigenvalue weighted by Crippen LogP contribution is -1.91. The summed E-state index contributed by atoms with van der Waals surface area (Å²) in [5.74, 6) is 0.0732. The number of nitrogens with two attached hydrogens (primary N) is 1. The third-order valence-electron chi connectivity index (χ3n) is 2.23. The molecule has 0 bridgehead atoms. The van der Waals surface area contributed by atoms with Crippen LogP contribution in [0, 0.1) is 0 Å². The maximum atomic E-state index is 10.7. The molecule has 0 fully saturated rings. The fourth-order valence-electron chi connectivity index (χ4n) is 1.35. The van der Waals surface area contributed by atoms with Gasteiger partial charge in [-0.3, -0.25) is 0 Å². The number of benzene rings is 1. The van der Waals surface area contributed by atoms with Crippen molar-refractivity contribution in [2.24, 2.45) is 0 Å². The Morgan fingerprint density at radius 2 is 2.22 bits per heavy atom. The van der Waals surface area contributed by atoms with Crippen molar-refractivity contribution < 1.29 is 14.3 Å². The molecule has 4 nitrogen and oxygen atoms in total. The van der Waals surface area contributed by atoms with Crippen LogP contribution in [0.3, 0.4) is 0 Å². The van der Waals surface area contributed by atoms with Crippen LogP contribution in [0.4, 0.5) is 5.69 Å². The first-order valence-corrected chi connectivity index (χ1v) is 6.41. The Hall–Kier alpha value is -1.59. The van der Waals surface area contributed by atoms with Gasteiger partial charge in [0.2, 0.25) is 0 Å². The minimum Gasteiger partial charge on any atom is -0.478 e. The van der Waals surface area contributed by atoms with E-state index >= 15 is 0 Å². The average molecular weight is 284 g/mol. The number of rotatable bonds is 4. The monoisotopic (exact) mass is 283 g/mol. The molecule has 18 heavy (non-hydrogen) atoms. The normalized spacial score (nSPS) is 10.5. The summed E-state index contributed by atoms with van der Waals surface area (Å²) in [4.78, 5) is 11.5. The van der Waals surface area contributed by atoms with Crippen molar-refractivity contribution in [3.63, 3.8) is 0 Å². The Balaban J connectivity index is 2.06. The summed E-state index contributed by atoms with van der Waals surface area (Å²) < 4.78 is 5.14. The van der Waals surface area contributed by atoms with E-state index in [9.17, 15) is 4.79 Å². The van der Waals surface area contributed by atoms with Gasteiger partial charge in [-0.05, 0) is 24.3 Å². The van der Waals surface area contributed by atoms with Crippen molar-refractivity contribution in [3.05, 3.63) is 46.9 Å². The molecule has 0 atom stereocenters. The Kier molecular flexibility index (Phi) is 3.84. The van der Waals surface area contributed by atoms with Crippen molar-refractivity contribution in [2.75, 3.05) is 5.73 Å². The maximum absolute atomic E-state index is 10.7. The molecule has 0 aliphatic rings. The molecule has 2 aromatic rings. The molecule has 0 unspecified atom stereocenters. The number of carbonyl (C=O) groups is 1. The highest BCUT2D eigenvalue weighted by Crippen LogP contribution is 2.31. The molecule has 0 amide bonds. The predicted octanol–water partition coefficient (Wildman–Crippen LogP) is 3.51. The van der Waals surface area contributed by atoms with Gasteiger partial charge in [0.05, 0.1) is 16.3 Å². The molecule has 2 rings (SSSR count). The highest BCUT2D eigenvalue weighted by atomic mass is 35.5. The van der Waals surface area contributed by atoms with E-state index in [1.54, 1.807) is 18.2 Å². The summed E-state index contributed by atoms with van der Waals surface area (Å²) >= 11 is 7.46. The number of hydrogen-bond acceptors (Lipinski definition) is 4. The maximum Gasteiger partial charge on any atom is 0.338 e. The quantitative estimate of drug-likeness (QED) is 0.663. The van der Waals surface area contributed by atoms with Crippen LogP contribution in [-0.4, -0.2) is 11.1 Å². The van der Waals surface area contributed by atoms with Crippen LogP contribution in [0.15, 0.2) is 39.8 Å². The predicted molar refractivity (Wildman–Crippen MR) is 71.1 cm³/mol. The van der Waals surface area contributed by atoms with E-state index in [4.69, 9.17) is 26.9 Å². The zero-order valence-electron chi connectivity index (χ0n) is 9.22. The summed E-state index contributed by atoms with van der Waals surface area (Å²) in [6.07, 6.45) is 1.22. The van der Waals surface area contributed by atoms with Crippen LogP contribution < -0.4 is 5.73 Å². The second-order valence-electron chi connectivity index (χ2n) is 3.59. The van der Waals surface area contributed by atoms with Gasteiger partial charge in [-0.15, -0.1) is 11.8 Å². The first-order chi connectivity index (χ1) is 8.56. The number of anilines is 1. The lowest BCUT2D eigenvalue weighted by Gasteiger charge is -2.03. The molecule has 1 aromatic carbocycles. The van der Waals surface area contributed by atoms with Crippen molar-refractivity contribution >= 4 is 35.0 Å². The first kappa shape index (κ1) is 12.9. The minimum absolute atomic E-state index is 0.143. The number of carboxylic acid groups (broad SMARTS) is 1. The molecule has 0 saturated carbocycles. The summed E-state index contributed by atoms with van der Waals surface area (Å²) in [6, 6.07) is 6.72. The molecule has 1 heterocycles. The van der Waals surface area contributed by atoms with Gasteiger partial charge in [0, 0.05) is 10.6 Å². The van der Waals surface area contributed by atoms with Crippen molar-refractivity contribution in [1.82, 2.24) is 0 Å². The van der Waals surface area contributed by atoms with Gasteiger partial charge in [-0.25, -0.2) is 4.79 Å². The van der Waals surface area contributed by atoms with Crippen molar-refractivity contribution in [1.29, 1.82) is 0 Å². The van der Waals surface area contributed by atoms with Crippen LogP contribution in [-0.2, 0) is 5.75 Å². The van der Waals surface area contributed by atoms with Crippen LogP contribution in [0.1, 0.15) is 16.1 Å². The molecular weight excluding hydrogens is 274 g/mol. The summed E-state index contributed by atoms with van der Waals surface area (Å²) in [6.45, 7) is 0. The number of halogens is 1. The summed E-state index contributed by atoms with van der Waals surface area (Å²) in [5.41, 5.74) is 6.44. The molecular formula is C12H10ClNO3S. The van der Waals surface area contributed by atoms with E-state index in [-0.39, 0.29) is 5.56 Å². The molecule has 0 saturated heterocycles. The molecule has 0 radical (unpaired) electrons. The zero-order chi connectivity index (χ0) is 13.1. The number of aromatic carboxylic acids is 1. The molecule has 6 heteroatoms. The molecule has 1 aromatic heterocycles.